The molecule has 3 aliphatic carbocycles. The fourth-order valence-electron chi connectivity index (χ4n) is 14.3. The van der Waals surface area contributed by atoms with Crippen LogP contribution in [0.5, 0.6) is 17.2 Å². The summed E-state index contributed by atoms with van der Waals surface area (Å²) in [5, 5.41) is 35.1. The first-order valence-corrected chi connectivity index (χ1v) is 46.2. The van der Waals surface area contributed by atoms with Gasteiger partial charge in [0, 0.05) is 71.2 Å². The normalized spacial score (nSPS) is 16.2. The van der Waals surface area contributed by atoms with Crippen molar-refractivity contribution in [2.45, 2.75) is 246 Å². The summed E-state index contributed by atoms with van der Waals surface area (Å²) < 4.78 is 54.1. The fraction of sp³-hybridized carbons (Fsp3) is 0.451. The number of Topliss-reactive ketones (excluding diaryl/α,β-unsaturated/α-hetero) is 1. The summed E-state index contributed by atoms with van der Waals surface area (Å²) >= 11 is 9.64. The van der Waals surface area contributed by atoms with Crippen LogP contribution in [0.3, 0.4) is 0 Å². The predicted octanol–water partition coefficient (Wildman–Crippen LogP) is 15.3. The predicted molar refractivity (Wildman–Crippen MR) is 480 cm³/mol. The number of carbonyl (C=O) groups is 1. The van der Waals surface area contributed by atoms with Crippen molar-refractivity contribution in [3.8, 4) is 69.8 Å². The average Bonchev–Trinajstić information content (AvgIpc) is 1.63. The van der Waals surface area contributed by atoms with Crippen LogP contribution in [-0.4, -0.2) is 150 Å². The Morgan fingerprint density at radius 2 is 0.874 bits per heavy atom. The molecule has 0 bridgehead atoms. The van der Waals surface area contributed by atoms with Gasteiger partial charge in [0.15, 0.2) is 52.6 Å². The summed E-state index contributed by atoms with van der Waals surface area (Å²) in [7, 11) is 2.20. The second-order valence-electron chi connectivity index (χ2n) is 30.1. The molecule has 20 nitrogen and oxygen atoms in total. The monoisotopic (exact) mass is 1800 g/mol. The fourth-order valence-corrected chi connectivity index (χ4v) is 18.3. The van der Waals surface area contributed by atoms with E-state index in [1.165, 1.54) is 77.0 Å². The summed E-state index contributed by atoms with van der Waals surface area (Å²) in [6.07, 6.45) is 31.3. The van der Waals surface area contributed by atoms with Crippen molar-refractivity contribution in [2.24, 2.45) is 0 Å². The van der Waals surface area contributed by atoms with Crippen molar-refractivity contribution in [3.05, 3.63) is 203 Å². The summed E-state index contributed by atoms with van der Waals surface area (Å²) in [4.78, 5) is 40.3. The van der Waals surface area contributed by atoms with Gasteiger partial charge in [0.1, 0.15) is 73.8 Å². The van der Waals surface area contributed by atoms with E-state index < -0.39 is 18.2 Å². The minimum atomic E-state index is -1.13. The number of benzene rings is 3. The number of halogens is 1. The Bertz CT molecular complexity index is 4950. The maximum absolute atomic E-state index is 12.6. The first-order valence-electron chi connectivity index (χ1n) is 40.5. The number of hydrogen-bond acceptors (Lipinski definition) is 21. The first kappa shape index (κ1) is 96.3. The molecular formula is C91H111BrMgN9O11P2S4+. The summed E-state index contributed by atoms with van der Waals surface area (Å²) in [5.41, 5.74) is 10.2. The molecule has 14 rings (SSSR count). The molecule has 3 aromatic carbocycles. The molecule has 5 aliphatic rings. The number of carbonyl (C=O) groups excluding carboxylic acids is 1. The molecular weight excluding hydrogens is 1690 g/mol. The van der Waals surface area contributed by atoms with Crippen molar-refractivity contribution >= 4 is 91.8 Å². The number of aryl methyl sites for hydroxylation is 3. The van der Waals surface area contributed by atoms with Gasteiger partial charge in [-0.25, -0.2) is 15.0 Å². The number of rotatable bonds is 25. The summed E-state index contributed by atoms with van der Waals surface area (Å²) in [6, 6.07) is 29.2. The van der Waals surface area contributed by atoms with Crippen molar-refractivity contribution in [2.75, 3.05) is 33.0 Å². The zero-order valence-electron chi connectivity index (χ0n) is 70.8. The molecule has 4 unspecified atom stereocenters. The van der Waals surface area contributed by atoms with Gasteiger partial charge in [-0.15, -0.1) is 0 Å². The number of nitrogens with zero attached hydrogens (tertiary/aromatic N) is 9. The SMILES string of the molecule is CC(=O)c1nc(SC2CCCC2)n(-c2cccnc2)c1COc1ccc(C#CCOC2CCCCO2)c(C)c1.Cc1cc(OCc2c(C(C)(C)O)nc(SC3CCCC3)n2-c2cccnc2)ccc1C#CCO.Cc1cc(OCc2c(C(C)(C)O)nc(SC3CCCC3)n2-c2cccnc2)ccc1C#CCOC1CCCCO1.[3H][P+](P)=S.[Br-].[CH3-].[Mg+2]. The molecule has 9 aromatic rings. The number of aliphatic hydroxyl groups excluding tert-OH is 1. The smallest absolute Gasteiger partial charge is 1.00 e. The Labute approximate surface area is 752 Å². The maximum Gasteiger partial charge on any atom is 2.00 e. The molecule has 0 amide bonds. The van der Waals surface area contributed by atoms with Crippen LogP contribution in [0.1, 0.15) is 223 Å². The molecule has 8 heterocycles. The molecule has 4 atom stereocenters. The van der Waals surface area contributed by atoms with Gasteiger partial charge in [0.25, 0.3) is 0 Å². The number of pyridine rings is 3. The molecule has 6 aromatic heterocycles. The second kappa shape index (κ2) is 49.7. The van der Waals surface area contributed by atoms with E-state index in [0.29, 0.717) is 57.5 Å². The van der Waals surface area contributed by atoms with Crippen LogP contribution >= 0.6 is 51.2 Å². The van der Waals surface area contributed by atoms with Gasteiger partial charge in [-0.3, -0.25) is 33.4 Å². The van der Waals surface area contributed by atoms with Gasteiger partial charge in [-0.1, -0.05) is 109 Å². The van der Waals surface area contributed by atoms with Crippen LogP contribution < -0.4 is 31.2 Å². The molecule has 28 heteroatoms. The average molecular weight is 1800 g/mol. The summed E-state index contributed by atoms with van der Waals surface area (Å²) in [6.45, 7) is 16.5. The second-order valence-corrected chi connectivity index (χ2v) is 36.7. The minimum absolute atomic E-state index is 0. The number of aliphatic hydroxyl groups is 3. The van der Waals surface area contributed by atoms with E-state index in [-0.39, 0.29) is 92.3 Å². The molecule has 0 spiro atoms. The number of thioether (sulfide) groups is 3. The van der Waals surface area contributed by atoms with Crippen LogP contribution in [0.2, 0.25) is 0 Å². The molecule has 119 heavy (non-hydrogen) atoms. The van der Waals surface area contributed by atoms with Gasteiger partial charge >= 0.3 is 24.3 Å². The van der Waals surface area contributed by atoms with Crippen LogP contribution in [0, 0.1) is 63.7 Å². The quantitative estimate of drug-likeness (QED) is 0.0159. The van der Waals surface area contributed by atoms with Crippen LogP contribution in [0.25, 0.3) is 17.1 Å². The Kier molecular flexibility index (Phi) is 40.2. The van der Waals surface area contributed by atoms with Crippen molar-refractivity contribution in [3.63, 3.8) is 0 Å². The molecule has 2 aliphatic heterocycles. The largest absolute Gasteiger partial charge is 2.00 e. The molecule has 0 radical (unpaired) electrons. The van der Waals surface area contributed by atoms with Gasteiger partial charge < -0.3 is 72.9 Å². The van der Waals surface area contributed by atoms with Crippen LogP contribution in [-0.2, 0) is 61.8 Å². The van der Waals surface area contributed by atoms with E-state index in [2.05, 4.69) is 80.3 Å². The van der Waals surface area contributed by atoms with Gasteiger partial charge in [0.2, 0.25) is 0 Å². The van der Waals surface area contributed by atoms with E-state index in [1.807, 2.05) is 129 Å². The first-order chi connectivity index (χ1) is 56.6. The molecule has 2 saturated heterocycles. The molecule has 3 saturated carbocycles. The van der Waals surface area contributed by atoms with Gasteiger partial charge in [0.05, 0.1) is 73.1 Å². The van der Waals surface area contributed by atoms with Gasteiger partial charge in [-0.2, -0.15) is 0 Å². The number of ketones is 1. The zero-order chi connectivity index (χ0) is 82.7. The Balaban J connectivity index is 0.000000217. The van der Waals surface area contributed by atoms with Crippen LogP contribution in [0.15, 0.2) is 144 Å². The Morgan fingerprint density at radius 3 is 1.18 bits per heavy atom. The zero-order valence-corrected chi connectivity index (χ0v) is 78.1. The van der Waals surface area contributed by atoms with E-state index in [1.54, 1.807) is 94.7 Å². The maximum atomic E-state index is 12.6. The standard InChI is InChI=1S/C32H39N3O4S.C31H35N3O4S.C27H31N3O3S.CH3.BrH.Mg.H2P2S/c1-23-20-26(16-15-24(23)10-9-19-38-29-14-6-7-18-37-29)39-22-28-30(32(2,3)36)34-31(40-27-12-4-5-13-27)35(28)25-11-8-17-33-21-25;1-22-19-26(15-14-24(22)9-8-18-37-29-13-5-6-17-36-29)38-21-28-30(23(2)35)33-31(39-27-11-3-4-12-27)34(28)25-10-7-16-32-20-25;1-19-16-22(13-12-20(19)8-7-15-31)33-18-24-25(27(2,3)32)29-26(34-23-10-4-5-11-23)30(24)21-9-6-14-28-17-21;;;;1-2-3/h8,11,15-17,20-21,27,29,36H,4-7,12-14,18-19,22H2,1-3H3;7,10,14-16,19-20,27,29H,3-6,11-13,17-18,21H2,1-2H3;6,9,12-14,16-17,23,31-32H,4-5,10-11,15,18H2,1-3H3;1H3;1H;;1H2/q;;;-1;;+2;/i/hT. The third kappa shape index (κ3) is 29.0. The molecule has 5 fully saturated rings. The topological polar surface area (TPSA) is 234 Å². The van der Waals surface area contributed by atoms with E-state index >= 15 is 0 Å². The van der Waals surface area contributed by atoms with Crippen molar-refractivity contribution in [1.82, 2.24) is 43.6 Å². The number of ether oxygens (including phenoxy) is 7. The summed E-state index contributed by atoms with van der Waals surface area (Å²) in [5.74, 6) is 20.3. The number of hydrogen-bond donors (Lipinski definition) is 3. The van der Waals surface area contributed by atoms with Crippen LogP contribution in [0.4, 0.5) is 0 Å². The Morgan fingerprint density at radius 1 is 0.546 bits per heavy atom. The Hall–Kier alpha value is -6.54. The minimum Gasteiger partial charge on any atom is -1.00 e. The number of imidazole rings is 3. The molecule has 3 N–H and O–H groups in total. The molecule has 628 valence electrons. The third-order valence-electron chi connectivity index (χ3n) is 20.2. The van der Waals surface area contributed by atoms with E-state index in [9.17, 15) is 15.0 Å². The third-order valence-corrected chi connectivity index (χ3v) is 24.0. The van der Waals surface area contributed by atoms with E-state index in [4.69, 9.17) is 54.5 Å². The number of aromatic nitrogens is 9. The van der Waals surface area contributed by atoms with Crippen molar-refractivity contribution < 1.29 is 70.3 Å². The van der Waals surface area contributed by atoms with E-state index in [0.717, 1.165) is 140 Å². The van der Waals surface area contributed by atoms with Gasteiger partial charge in [-0.05, 0) is 233 Å². The van der Waals surface area contributed by atoms with Crippen molar-refractivity contribution in [1.29, 1.82) is 1.28 Å².